The van der Waals surface area contributed by atoms with Gasteiger partial charge in [0.1, 0.15) is 6.61 Å². The number of methoxy groups -OCH3 is 1. The standard InChI is InChI=1S/C18H26N2O3/c1-13-10-16(15-8-6-5-7-9-15)14(2)20(13)17(21)11-19(3)18(22)12-23-4/h5-9,13-14,16H,10-12H2,1-4H3/t13-,14-,16+/m1/s1. The summed E-state index contributed by atoms with van der Waals surface area (Å²) in [6.45, 7) is 4.27. The predicted octanol–water partition coefficient (Wildman–Crippen LogP) is 1.88. The number of ether oxygens (including phenoxy) is 1. The van der Waals surface area contributed by atoms with Gasteiger partial charge in [-0.25, -0.2) is 0 Å². The Balaban J connectivity index is 2.05. The molecule has 3 atom stereocenters. The average Bonchev–Trinajstić information content (AvgIpc) is 2.83. The number of carbonyl (C=O) groups excluding carboxylic acids is 2. The summed E-state index contributed by atoms with van der Waals surface area (Å²) in [5, 5.41) is 0. The SMILES string of the molecule is COCC(=O)N(C)CC(=O)N1[C@H](C)C[C@H](c2ccccc2)[C@H]1C. The first kappa shape index (κ1) is 17.5. The van der Waals surface area contributed by atoms with Gasteiger partial charge in [0.15, 0.2) is 0 Å². The molecule has 1 saturated heterocycles. The van der Waals surface area contributed by atoms with E-state index < -0.39 is 0 Å². The van der Waals surface area contributed by atoms with Crippen molar-refractivity contribution in [1.29, 1.82) is 0 Å². The minimum atomic E-state index is -0.181. The molecule has 1 aliphatic heterocycles. The highest BCUT2D eigenvalue weighted by Crippen LogP contribution is 2.37. The summed E-state index contributed by atoms with van der Waals surface area (Å²) in [5.41, 5.74) is 1.27. The van der Waals surface area contributed by atoms with Crippen LogP contribution in [0.15, 0.2) is 30.3 Å². The number of nitrogens with zero attached hydrogens (tertiary/aromatic N) is 2. The second-order valence-corrected chi connectivity index (χ2v) is 6.33. The van der Waals surface area contributed by atoms with Gasteiger partial charge < -0.3 is 14.5 Å². The Kier molecular flexibility index (Phi) is 5.77. The minimum absolute atomic E-state index is 0.00152. The van der Waals surface area contributed by atoms with E-state index in [9.17, 15) is 9.59 Å². The molecular formula is C18H26N2O3. The number of amides is 2. The third kappa shape index (κ3) is 3.91. The van der Waals surface area contributed by atoms with Gasteiger partial charge in [-0.3, -0.25) is 9.59 Å². The topological polar surface area (TPSA) is 49.9 Å². The molecule has 1 aromatic carbocycles. The van der Waals surface area contributed by atoms with Gasteiger partial charge in [0.2, 0.25) is 11.8 Å². The van der Waals surface area contributed by atoms with Gasteiger partial charge in [-0.05, 0) is 25.8 Å². The Morgan fingerprint density at radius 3 is 2.52 bits per heavy atom. The quantitative estimate of drug-likeness (QED) is 0.833. The van der Waals surface area contributed by atoms with Crippen LogP contribution in [0.25, 0.3) is 0 Å². The Bertz CT molecular complexity index is 546. The summed E-state index contributed by atoms with van der Waals surface area (Å²) >= 11 is 0. The highest BCUT2D eigenvalue weighted by atomic mass is 16.5. The number of carbonyl (C=O) groups is 2. The van der Waals surface area contributed by atoms with Crippen molar-refractivity contribution in [3.63, 3.8) is 0 Å². The minimum Gasteiger partial charge on any atom is -0.375 e. The van der Waals surface area contributed by atoms with Crippen LogP contribution in [0.4, 0.5) is 0 Å². The average molecular weight is 318 g/mol. The van der Waals surface area contributed by atoms with Crippen molar-refractivity contribution < 1.29 is 14.3 Å². The van der Waals surface area contributed by atoms with Gasteiger partial charge in [-0.2, -0.15) is 0 Å². The zero-order valence-corrected chi connectivity index (χ0v) is 14.4. The van der Waals surface area contributed by atoms with Crippen molar-refractivity contribution in [2.24, 2.45) is 0 Å². The molecule has 2 amide bonds. The lowest BCUT2D eigenvalue weighted by atomic mass is 9.92. The van der Waals surface area contributed by atoms with Crippen LogP contribution in [0.2, 0.25) is 0 Å². The number of hydrogen-bond acceptors (Lipinski definition) is 3. The molecule has 1 heterocycles. The molecule has 0 bridgehead atoms. The van der Waals surface area contributed by atoms with E-state index in [1.54, 1.807) is 7.05 Å². The fourth-order valence-electron chi connectivity index (χ4n) is 3.47. The maximum absolute atomic E-state index is 12.7. The van der Waals surface area contributed by atoms with Crippen molar-refractivity contribution >= 4 is 11.8 Å². The molecule has 1 aliphatic rings. The molecule has 1 fully saturated rings. The Hall–Kier alpha value is -1.88. The van der Waals surface area contributed by atoms with E-state index in [1.165, 1.54) is 17.6 Å². The first-order valence-electron chi connectivity index (χ1n) is 8.04. The highest BCUT2D eigenvalue weighted by molar-refractivity contribution is 5.85. The third-order valence-electron chi connectivity index (χ3n) is 4.67. The first-order chi connectivity index (χ1) is 11.0. The van der Waals surface area contributed by atoms with Crippen LogP contribution >= 0.6 is 0 Å². The number of benzene rings is 1. The van der Waals surface area contributed by atoms with E-state index >= 15 is 0 Å². The van der Waals surface area contributed by atoms with Crippen LogP contribution in [0.3, 0.4) is 0 Å². The van der Waals surface area contributed by atoms with Crippen LogP contribution < -0.4 is 0 Å². The van der Waals surface area contributed by atoms with E-state index in [1.807, 2.05) is 23.1 Å². The van der Waals surface area contributed by atoms with E-state index in [2.05, 4.69) is 26.0 Å². The molecule has 23 heavy (non-hydrogen) atoms. The van der Waals surface area contributed by atoms with Crippen molar-refractivity contribution in [2.75, 3.05) is 27.3 Å². The number of rotatable bonds is 5. The van der Waals surface area contributed by atoms with Gasteiger partial charge >= 0.3 is 0 Å². The summed E-state index contributed by atoms with van der Waals surface area (Å²) in [5.74, 6) is 0.158. The zero-order chi connectivity index (χ0) is 17.0. The van der Waals surface area contributed by atoms with Crippen molar-refractivity contribution in [3.8, 4) is 0 Å². The maximum Gasteiger partial charge on any atom is 0.248 e. The fraction of sp³-hybridized carbons (Fsp3) is 0.556. The molecule has 2 rings (SSSR count). The summed E-state index contributed by atoms with van der Waals surface area (Å²) in [7, 11) is 3.11. The molecular weight excluding hydrogens is 292 g/mol. The van der Waals surface area contributed by atoms with Crippen LogP contribution in [0, 0.1) is 0 Å². The normalized spacial score (nSPS) is 23.8. The second kappa shape index (κ2) is 7.59. The predicted molar refractivity (Wildman–Crippen MR) is 89.1 cm³/mol. The van der Waals surface area contributed by atoms with Crippen LogP contribution in [-0.2, 0) is 14.3 Å². The summed E-state index contributed by atoms with van der Waals surface area (Å²) < 4.78 is 4.83. The summed E-state index contributed by atoms with van der Waals surface area (Å²) in [4.78, 5) is 27.8. The molecule has 0 saturated carbocycles. The number of hydrogen-bond donors (Lipinski definition) is 0. The molecule has 0 spiro atoms. The molecule has 0 N–H and O–H groups in total. The van der Waals surface area contributed by atoms with E-state index in [-0.39, 0.29) is 37.0 Å². The summed E-state index contributed by atoms with van der Waals surface area (Å²) in [6.07, 6.45) is 0.951. The van der Waals surface area contributed by atoms with Gasteiger partial charge in [-0.15, -0.1) is 0 Å². The van der Waals surface area contributed by atoms with Crippen molar-refractivity contribution in [3.05, 3.63) is 35.9 Å². The zero-order valence-electron chi connectivity index (χ0n) is 14.4. The monoisotopic (exact) mass is 318 g/mol. The molecule has 0 aliphatic carbocycles. The van der Waals surface area contributed by atoms with Crippen LogP contribution in [-0.4, -0.2) is 61.0 Å². The van der Waals surface area contributed by atoms with Crippen molar-refractivity contribution in [2.45, 2.75) is 38.3 Å². The number of likely N-dealkylation sites (N-methyl/N-ethyl adjacent to an activating group) is 1. The Morgan fingerprint density at radius 2 is 1.91 bits per heavy atom. The molecule has 0 unspecified atom stereocenters. The van der Waals surface area contributed by atoms with Crippen LogP contribution in [0.1, 0.15) is 31.7 Å². The number of likely N-dealkylation sites (tertiary alicyclic amines) is 1. The molecule has 0 aromatic heterocycles. The molecule has 5 heteroatoms. The largest absolute Gasteiger partial charge is 0.375 e. The lowest BCUT2D eigenvalue weighted by molar-refractivity contribution is -0.142. The molecule has 1 aromatic rings. The third-order valence-corrected chi connectivity index (χ3v) is 4.67. The fourth-order valence-corrected chi connectivity index (χ4v) is 3.47. The summed E-state index contributed by atoms with van der Waals surface area (Å²) in [6, 6.07) is 10.6. The Morgan fingerprint density at radius 1 is 1.26 bits per heavy atom. The molecule has 5 nitrogen and oxygen atoms in total. The van der Waals surface area contributed by atoms with E-state index in [4.69, 9.17) is 4.74 Å². The first-order valence-corrected chi connectivity index (χ1v) is 8.04. The van der Waals surface area contributed by atoms with Gasteiger partial charge in [0.05, 0.1) is 6.54 Å². The van der Waals surface area contributed by atoms with E-state index in [0.717, 1.165) is 6.42 Å². The molecule has 126 valence electrons. The van der Waals surface area contributed by atoms with Crippen LogP contribution in [0.5, 0.6) is 0 Å². The van der Waals surface area contributed by atoms with Gasteiger partial charge in [-0.1, -0.05) is 30.3 Å². The Labute approximate surface area is 138 Å². The smallest absolute Gasteiger partial charge is 0.248 e. The maximum atomic E-state index is 12.7. The lowest BCUT2D eigenvalue weighted by Crippen LogP contribution is -2.46. The lowest BCUT2D eigenvalue weighted by Gasteiger charge is -2.30. The van der Waals surface area contributed by atoms with Gasteiger partial charge in [0, 0.05) is 32.2 Å². The second-order valence-electron chi connectivity index (χ2n) is 6.33. The highest BCUT2D eigenvalue weighted by Gasteiger charge is 2.39. The van der Waals surface area contributed by atoms with E-state index in [0.29, 0.717) is 5.92 Å². The van der Waals surface area contributed by atoms with Crippen molar-refractivity contribution in [1.82, 2.24) is 9.80 Å². The molecule has 0 radical (unpaired) electrons. The van der Waals surface area contributed by atoms with Gasteiger partial charge in [0.25, 0.3) is 0 Å².